The van der Waals surface area contributed by atoms with Crippen LogP contribution in [0.25, 0.3) is 0 Å². The second-order valence-corrected chi connectivity index (χ2v) is 11.9. The molecule has 0 heterocycles. The monoisotopic (exact) mass is 629 g/mol. The van der Waals surface area contributed by atoms with Crippen LogP contribution in [0.15, 0.2) is 60.8 Å². The Bertz CT molecular complexity index is 808. The first-order valence-corrected chi connectivity index (χ1v) is 18.3. The van der Waals surface area contributed by atoms with E-state index in [0.717, 1.165) is 70.6 Å². The average molecular weight is 629 g/mol. The molecule has 0 aromatic rings. The largest absolute Gasteiger partial charge is 0.462 e. The standard InChI is InChI=1S/C40H68O5/c1-3-5-7-9-11-13-15-17-18-19-20-21-22-23-25-27-29-31-33-35-40(43)45-38(36-41)37-44-39(42)34-32-30-28-26-24-16-14-12-10-8-6-4-2/h11-14,17-18,20-21,23,25,38,41H,3-10,15-16,19,22,24,26-37H2,1-2H3/b13-11-,14-12-,18-17-,21-20-,25-23-/t38-/m0/s1. The van der Waals surface area contributed by atoms with Crippen molar-refractivity contribution in [3.63, 3.8) is 0 Å². The Morgan fingerprint density at radius 3 is 1.38 bits per heavy atom. The lowest BCUT2D eigenvalue weighted by atomic mass is 10.1. The molecule has 0 unspecified atom stereocenters. The Morgan fingerprint density at radius 2 is 0.889 bits per heavy atom. The molecular weight excluding hydrogens is 560 g/mol. The Kier molecular flexibility index (Phi) is 34.1. The van der Waals surface area contributed by atoms with Gasteiger partial charge in [-0.3, -0.25) is 9.59 Å². The van der Waals surface area contributed by atoms with E-state index in [4.69, 9.17) is 9.47 Å². The van der Waals surface area contributed by atoms with E-state index in [1.165, 1.54) is 64.2 Å². The summed E-state index contributed by atoms with van der Waals surface area (Å²) in [6.07, 6.45) is 45.6. The van der Waals surface area contributed by atoms with Crippen molar-refractivity contribution in [3.05, 3.63) is 60.8 Å². The second kappa shape index (κ2) is 36.1. The van der Waals surface area contributed by atoms with E-state index in [-0.39, 0.29) is 25.2 Å². The maximum Gasteiger partial charge on any atom is 0.306 e. The molecule has 0 aliphatic heterocycles. The van der Waals surface area contributed by atoms with Crippen LogP contribution in [0.2, 0.25) is 0 Å². The molecule has 0 aliphatic carbocycles. The molecule has 0 aromatic carbocycles. The molecule has 1 N–H and O–H groups in total. The fraction of sp³-hybridized carbons (Fsp3) is 0.700. The number of hydrogen-bond donors (Lipinski definition) is 1. The molecule has 0 rings (SSSR count). The summed E-state index contributed by atoms with van der Waals surface area (Å²) in [6, 6.07) is 0. The first-order chi connectivity index (χ1) is 22.1. The highest BCUT2D eigenvalue weighted by Crippen LogP contribution is 2.10. The highest BCUT2D eigenvalue weighted by molar-refractivity contribution is 5.70. The van der Waals surface area contributed by atoms with Gasteiger partial charge in [-0.25, -0.2) is 0 Å². The summed E-state index contributed by atoms with van der Waals surface area (Å²) >= 11 is 0. The van der Waals surface area contributed by atoms with E-state index in [1.807, 2.05) is 0 Å². The van der Waals surface area contributed by atoms with Gasteiger partial charge in [-0.1, -0.05) is 126 Å². The molecule has 0 fully saturated rings. The lowest BCUT2D eigenvalue weighted by Crippen LogP contribution is -2.28. The number of allylic oxidation sites excluding steroid dienone is 10. The van der Waals surface area contributed by atoms with Gasteiger partial charge in [-0.05, 0) is 83.5 Å². The number of rotatable bonds is 32. The first kappa shape index (κ1) is 42.6. The molecule has 1 atom stereocenters. The van der Waals surface area contributed by atoms with Gasteiger partial charge in [0.2, 0.25) is 0 Å². The Balaban J connectivity index is 3.68. The topological polar surface area (TPSA) is 72.8 Å². The SMILES string of the molecule is CCCCC/C=C\C/C=C\C/C=C\C/C=C\CCCCCC(=O)O[C@@H](CO)COC(=O)CCCCCCC/C=C\CCCCC. The van der Waals surface area contributed by atoms with E-state index in [9.17, 15) is 14.7 Å². The zero-order valence-corrected chi connectivity index (χ0v) is 29.1. The third-order valence-corrected chi connectivity index (χ3v) is 7.53. The predicted molar refractivity (Wildman–Crippen MR) is 191 cm³/mol. The van der Waals surface area contributed by atoms with E-state index in [0.29, 0.717) is 12.8 Å². The lowest BCUT2D eigenvalue weighted by Gasteiger charge is -2.15. The Morgan fingerprint density at radius 1 is 0.511 bits per heavy atom. The molecule has 0 amide bonds. The Hall–Kier alpha value is -2.40. The molecular formula is C40H68O5. The summed E-state index contributed by atoms with van der Waals surface area (Å²) in [5.74, 6) is -0.644. The minimum absolute atomic E-state index is 0.0856. The number of carbonyl (C=O) groups is 2. The lowest BCUT2D eigenvalue weighted by molar-refractivity contribution is -0.161. The third kappa shape index (κ3) is 34.3. The van der Waals surface area contributed by atoms with Crippen LogP contribution in [0.4, 0.5) is 0 Å². The minimum Gasteiger partial charge on any atom is -0.462 e. The highest BCUT2D eigenvalue weighted by Gasteiger charge is 2.16. The number of ether oxygens (including phenoxy) is 2. The van der Waals surface area contributed by atoms with Crippen LogP contribution in [0.5, 0.6) is 0 Å². The fourth-order valence-electron chi connectivity index (χ4n) is 4.71. The maximum atomic E-state index is 12.1. The number of unbranched alkanes of at least 4 members (excludes halogenated alkanes) is 14. The van der Waals surface area contributed by atoms with E-state index >= 15 is 0 Å². The van der Waals surface area contributed by atoms with Gasteiger partial charge in [-0.2, -0.15) is 0 Å². The first-order valence-electron chi connectivity index (χ1n) is 18.3. The molecule has 0 bridgehead atoms. The predicted octanol–water partition coefficient (Wildman–Crippen LogP) is 11.2. The fourth-order valence-corrected chi connectivity index (χ4v) is 4.71. The van der Waals surface area contributed by atoms with Gasteiger partial charge in [0.25, 0.3) is 0 Å². The number of hydrogen-bond acceptors (Lipinski definition) is 5. The smallest absolute Gasteiger partial charge is 0.306 e. The summed E-state index contributed by atoms with van der Waals surface area (Å²) < 4.78 is 10.5. The van der Waals surface area contributed by atoms with Crippen molar-refractivity contribution in [2.24, 2.45) is 0 Å². The van der Waals surface area contributed by atoms with E-state index in [1.54, 1.807) is 0 Å². The number of carbonyl (C=O) groups excluding carboxylic acids is 2. The molecule has 5 heteroatoms. The third-order valence-electron chi connectivity index (χ3n) is 7.53. The highest BCUT2D eigenvalue weighted by atomic mass is 16.6. The van der Waals surface area contributed by atoms with Crippen molar-refractivity contribution < 1.29 is 24.2 Å². The molecule has 0 saturated heterocycles. The molecule has 0 aromatic heterocycles. The average Bonchev–Trinajstić information content (AvgIpc) is 3.04. The van der Waals surface area contributed by atoms with E-state index < -0.39 is 6.10 Å². The quantitative estimate of drug-likeness (QED) is 0.0456. The van der Waals surface area contributed by atoms with Crippen LogP contribution in [-0.2, 0) is 19.1 Å². The summed E-state index contributed by atoms with van der Waals surface area (Å²) in [6.45, 7) is 4.03. The van der Waals surface area contributed by atoms with Crippen molar-refractivity contribution >= 4 is 11.9 Å². The summed E-state index contributed by atoms with van der Waals surface area (Å²) in [5.41, 5.74) is 0. The molecule has 0 spiro atoms. The molecule has 0 aliphatic rings. The van der Waals surface area contributed by atoms with Gasteiger partial charge in [0.05, 0.1) is 6.61 Å². The maximum absolute atomic E-state index is 12.1. The van der Waals surface area contributed by atoms with E-state index in [2.05, 4.69) is 74.6 Å². The second-order valence-electron chi connectivity index (χ2n) is 11.9. The zero-order chi connectivity index (χ0) is 32.9. The molecule has 258 valence electrons. The van der Waals surface area contributed by atoms with Crippen LogP contribution in [0.1, 0.15) is 162 Å². The van der Waals surface area contributed by atoms with Crippen molar-refractivity contribution in [1.29, 1.82) is 0 Å². The van der Waals surface area contributed by atoms with Crippen LogP contribution < -0.4 is 0 Å². The number of esters is 2. The van der Waals surface area contributed by atoms with Gasteiger partial charge >= 0.3 is 11.9 Å². The van der Waals surface area contributed by atoms with Crippen LogP contribution in [0, 0.1) is 0 Å². The summed E-state index contributed by atoms with van der Waals surface area (Å²) in [4.78, 5) is 24.2. The number of aliphatic hydroxyl groups is 1. The van der Waals surface area contributed by atoms with Crippen molar-refractivity contribution in [2.45, 2.75) is 168 Å². The summed E-state index contributed by atoms with van der Waals surface area (Å²) in [5, 5.41) is 9.52. The van der Waals surface area contributed by atoms with Crippen LogP contribution in [-0.4, -0.2) is 36.4 Å². The normalized spacial score (nSPS) is 12.9. The van der Waals surface area contributed by atoms with Gasteiger partial charge in [0, 0.05) is 12.8 Å². The number of aliphatic hydroxyl groups excluding tert-OH is 1. The van der Waals surface area contributed by atoms with Gasteiger partial charge in [0.1, 0.15) is 6.61 Å². The minimum atomic E-state index is -0.792. The molecule has 45 heavy (non-hydrogen) atoms. The van der Waals surface area contributed by atoms with Gasteiger partial charge in [0.15, 0.2) is 6.10 Å². The van der Waals surface area contributed by atoms with Crippen LogP contribution >= 0.6 is 0 Å². The van der Waals surface area contributed by atoms with Crippen LogP contribution in [0.3, 0.4) is 0 Å². The Labute approximate surface area is 277 Å². The molecule has 5 nitrogen and oxygen atoms in total. The zero-order valence-electron chi connectivity index (χ0n) is 29.1. The van der Waals surface area contributed by atoms with Crippen molar-refractivity contribution in [1.82, 2.24) is 0 Å². The van der Waals surface area contributed by atoms with Crippen molar-refractivity contribution in [2.75, 3.05) is 13.2 Å². The van der Waals surface area contributed by atoms with Gasteiger partial charge in [-0.15, -0.1) is 0 Å². The molecule has 0 radical (unpaired) electrons. The van der Waals surface area contributed by atoms with Gasteiger partial charge < -0.3 is 14.6 Å². The molecule has 0 saturated carbocycles. The van der Waals surface area contributed by atoms with Crippen molar-refractivity contribution in [3.8, 4) is 0 Å². The summed E-state index contributed by atoms with van der Waals surface area (Å²) in [7, 11) is 0.